The van der Waals surface area contributed by atoms with Crippen molar-refractivity contribution in [2.45, 2.75) is 20.8 Å². The van der Waals surface area contributed by atoms with Crippen LogP contribution in [0.2, 0.25) is 0 Å². The summed E-state index contributed by atoms with van der Waals surface area (Å²) in [5, 5.41) is 5.33. The molecule has 3 heterocycles. The van der Waals surface area contributed by atoms with Crippen LogP contribution in [0.4, 0.5) is 0 Å². The Bertz CT molecular complexity index is 1560. The quantitative estimate of drug-likeness (QED) is 0.319. The Hall–Kier alpha value is -3.93. The van der Waals surface area contributed by atoms with Crippen LogP contribution in [-0.2, 0) is 0 Å². The molecule has 0 atom stereocenters. The van der Waals surface area contributed by atoms with Gasteiger partial charge in [-0.3, -0.25) is 0 Å². The van der Waals surface area contributed by atoms with Gasteiger partial charge in [0.05, 0.1) is 28.0 Å². The highest BCUT2D eigenvalue weighted by Gasteiger charge is 2.19. The lowest BCUT2D eigenvalue weighted by Crippen LogP contribution is -2.10. The van der Waals surface area contributed by atoms with E-state index in [2.05, 4.69) is 5.10 Å². The van der Waals surface area contributed by atoms with Gasteiger partial charge in [0, 0.05) is 0 Å². The predicted octanol–water partition coefficient (Wildman–Crippen LogP) is 4.68. The van der Waals surface area contributed by atoms with Crippen molar-refractivity contribution in [1.82, 2.24) is 9.78 Å². The number of aryl methyl sites for hydroxylation is 3. The van der Waals surface area contributed by atoms with E-state index in [0.29, 0.717) is 16.7 Å². The third-order valence-electron chi connectivity index (χ3n) is 5.32. The van der Waals surface area contributed by atoms with E-state index in [1.165, 1.54) is 6.07 Å². The smallest absolute Gasteiger partial charge is 0.347 e. The van der Waals surface area contributed by atoms with Gasteiger partial charge in [-0.25, -0.2) is 14.3 Å². The zero-order valence-corrected chi connectivity index (χ0v) is 16.7. The van der Waals surface area contributed by atoms with E-state index < -0.39 is 11.3 Å². The second-order valence-corrected chi connectivity index (χ2v) is 7.43. The molecule has 0 aliphatic rings. The van der Waals surface area contributed by atoms with Crippen molar-refractivity contribution in [2.24, 2.45) is 0 Å². The first-order valence-electron chi connectivity index (χ1n) is 9.57. The average molecular weight is 398 g/mol. The molecule has 148 valence electrons. The lowest BCUT2D eigenvalue weighted by molar-refractivity contribution is 0.543. The van der Waals surface area contributed by atoms with Gasteiger partial charge in [-0.2, -0.15) is 5.10 Å². The first kappa shape index (κ1) is 18.1. The van der Waals surface area contributed by atoms with Crippen LogP contribution in [0, 0.1) is 20.8 Å². The fourth-order valence-electron chi connectivity index (χ4n) is 3.67. The molecular weight excluding hydrogens is 380 g/mol. The normalized spacial score (nSPS) is 11.4. The molecule has 0 fully saturated rings. The van der Waals surface area contributed by atoms with Crippen LogP contribution in [0.15, 0.2) is 73.0 Å². The highest BCUT2D eigenvalue weighted by molar-refractivity contribution is 6.01. The maximum absolute atomic E-state index is 13.0. The number of aromatic nitrogens is 2. The van der Waals surface area contributed by atoms with E-state index in [0.717, 1.165) is 22.5 Å². The molecule has 0 bridgehead atoms. The number of hydrogen-bond donors (Lipinski definition) is 0. The minimum atomic E-state index is -0.548. The molecule has 6 nitrogen and oxygen atoms in total. The minimum absolute atomic E-state index is 0.221. The van der Waals surface area contributed by atoms with Crippen LogP contribution in [-0.4, -0.2) is 9.78 Å². The van der Waals surface area contributed by atoms with E-state index in [1.807, 2.05) is 57.2 Å². The molecule has 0 aliphatic heterocycles. The average Bonchev–Trinajstić information content (AvgIpc) is 3.11. The summed E-state index contributed by atoms with van der Waals surface area (Å²) in [5.41, 5.74) is 3.90. The maximum atomic E-state index is 13.0. The Morgan fingerprint density at radius 3 is 2.30 bits per heavy atom. The Balaban J connectivity index is 1.83. The molecule has 0 unspecified atom stereocenters. The van der Waals surface area contributed by atoms with Crippen molar-refractivity contribution < 1.29 is 8.83 Å². The Morgan fingerprint density at radius 2 is 1.53 bits per heavy atom. The predicted molar refractivity (Wildman–Crippen MR) is 115 cm³/mol. The summed E-state index contributed by atoms with van der Waals surface area (Å²) in [4.78, 5) is 25.7. The molecule has 0 saturated heterocycles. The molecule has 3 aromatic heterocycles. The van der Waals surface area contributed by atoms with Gasteiger partial charge in [-0.15, -0.1) is 0 Å². The number of fused-ring (bicyclic) bond motifs is 3. The van der Waals surface area contributed by atoms with Crippen molar-refractivity contribution in [3.8, 4) is 16.9 Å². The first-order chi connectivity index (χ1) is 14.4. The lowest BCUT2D eigenvalue weighted by atomic mass is 10.0. The molecular formula is C24H18N2O4. The van der Waals surface area contributed by atoms with Gasteiger partial charge in [-0.05, 0) is 68.3 Å². The number of para-hydroxylation sites is 1. The number of hydrogen-bond acceptors (Lipinski definition) is 5. The zero-order valence-electron chi connectivity index (χ0n) is 16.7. The number of benzene rings is 2. The van der Waals surface area contributed by atoms with Gasteiger partial charge >= 0.3 is 11.3 Å². The largest absolute Gasteiger partial charge is 0.422 e. The Kier molecular flexibility index (Phi) is 3.96. The SMILES string of the molecule is Cc1cc(-c2cc3c(=O)oc4cc(C)c(C)cc4c3oc2=O)n(-c2ccccc2)n1. The minimum Gasteiger partial charge on any atom is -0.422 e. The van der Waals surface area contributed by atoms with E-state index in [1.54, 1.807) is 16.8 Å². The van der Waals surface area contributed by atoms with Crippen LogP contribution in [0.25, 0.3) is 38.9 Å². The van der Waals surface area contributed by atoms with Gasteiger partial charge in [0.15, 0.2) is 5.58 Å². The molecule has 30 heavy (non-hydrogen) atoms. The van der Waals surface area contributed by atoms with Crippen LogP contribution in [0.3, 0.4) is 0 Å². The summed E-state index contributed by atoms with van der Waals surface area (Å²) in [5.74, 6) is 0. The van der Waals surface area contributed by atoms with Crippen molar-refractivity contribution in [3.05, 3.63) is 92.3 Å². The van der Waals surface area contributed by atoms with Crippen LogP contribution in [0.5, 0.6) is 0 Å². The summed E-state index contributed by atoms with van der Waals surface area (Å²) in [6.07, 6.45) is 0. The number of rotatable bonds is 2. The molecule has 0 radical (unpaired) electrons. The van der Waals surface area contributed by atoms with E-state index in [-0.39, 0.29) is 16.5 Å². The Labute approximate surface area is 171 Å². The second kappa shape index (κ2) is 6.56. The fourth-order valence-corrected chi connectivity index (χ4v) is 3.67. The summed E-state index contributed by atoms with van der Waals surface area (Å²) in [6.45, 7) is 5.74. The van der Waals surface area contributed by atoms with Gasteiger partial charge < -0.3 is 8.83 Å². The summed E-state index contributed by atoms with van der Waals surface area (Å²) in [6, 6.07) is 16.5. The highest BCUT2D eigenvalue weighted by atomic mass is 16.4. The summed E-state index contributed by atoms with van der Waals surface area (Å²) >= 11 is 0. The fraction of sp³-hybridized carbons (Fsp3) is 0.125. The van der Waals surface area contributed by atoms with Gasteiger partial charge in [0.2, 0.25) is 0 Å². The van der Waals surface area contributed by atoms with Crippen LogP contribution < -0.4 is 11.3 Å². The van der Waals surface area contributed by atoms with E-state index in [9.17, 15) is 9.59 Å². The van der Waals surface area contributed by atoms with Crippen LogP contribution in [0.1, 0.15) is 16.8 Å². The van der Waals surface area contributed by atoms with Crippen molar-refractivity contribution >= 4 is 21.9 Å². The third kappa shape index (κ3) is 2.76. The lowest BCUT2D eigenvalue weighted by Gasteiger charge is -2.08. The first-order valence-corrected chi connectivity index (χ1v) is 9.57. The van der Waals surface area contributed by atoms with E-state index in [4.69, 9.17) is 8.83 Å². The molecule has 0 aliphatic carbocycles. The molecule has 0 spiro atoms. The highest BCUT2D eigenvalue weighted by Crippen LogP contribution is 2.28. The van der Waals surface area contributed by atoms with Gasteiger partial charge in [-0.1, -0.05) is 18.2 Å². The van der Waals surface area contributed by atoms with Crippen molar-refractivity contribution in [3.63, 3.8) is 0 Å². The molecule has 2 aromatic carbocycles. The third-order valence-corrected chi connectivity index (χ3v) is 5.32. The molecule has 5 rings (SSSR count). The van der Waals surface area contributed by atoms with E-state index >= 15 is 0 Å². The van der Waals surface area contributed by atoms with Crippen molar-refractivity contribution in [2.75, 3.05) is 0 Å². The van der Waals surface area contributed by atoms with Gasteiger partial charge in [0.1, 0.15) is 11.0 Å². The molecule has 0 amide bonds. The summed E-state index contributed by atoms with van der Waals surface area (Å²) in [7, 11) is 0. The molecule has 6 heteroatoms. The standard InChI is InChI=1S/C24H18N2O4/c1-13-9-18-21(10-14(13)2)29-24(28)19-12-17(23(27)30-22(18)19)20-11-15(3)25-26(20)16-7-5-4-6-8-16/h4-12H,1-3H3. The molecule has 0 N–H and O–H groups in total. The second-order valence-electron chi connectivity index (χ2n) is 7.43. The molecule has 5 aromatic rings. The summed E-state index contributed by atoms with van der Waals surface area (Å²) < 4.78 is 12.9. The topological polar surface area (TPSA) is 78.2 Å². The van der Waals surface area contributed by atoms with Gasteiger partial charge in [0.25, 0.3) is 0 Å². The maximum Gasteiger partial charge on any atom is 0.347 e. The Morgan fingerprint density at radius 1 is 0.800 bits per heavy atom. The number of nitrogens with zero attached hydrogens (tertiary/aromatic N) is 2. The monoisotopic (exact) mass is 398 g/mol. The molecule has 0 saturated carbocycles. The zero-order chi connectivity index (χ0) is 21.0. The van der Waals surface area contributed by atoms with Crippen LogP contribution >= 0.6 is 0 Å². The van der Waals surface area contributed by atoms with Crippen molar-refractivity contribution in [1.29, 1.82) is 0 Å².